The van der Waals surface area contributed by atoms with Crippen molar-refractivity contribution in [2.75, 3.05) is 37.7 Å². The molecule has 1 fully saturated rings. The molecule has 3 nitrogen and oxygen atoms in total. The number of rotatable bonds is 3. The summed E-state index contributed by atoms with van der Waals surface area (Å²) in [6, 6.07) is 0. The van der Waals surface area contributed by atoms with Crippen LogP contribution in [0.2, 0.25) is 0 Å². The van der Waals surface area contributed by atoms with Crippen LogP contribution in [-0.2, 0) is 0 Å². The van der Waals surface area contributed by atoms with Gasteiger partial charge in [0.05, 0.1) is 12.7 Å². The van der Waals surface area contributed by atoms with Crippen molar-refractivity contribution in [1.29, 1.82) is 0 Å². The molecule has 1 aliphatic heterocycles. The smallest absolute Gasteiger partial charge is 0.0897 e. The number of thioether (sulfide) groups is 1. The van der Waals surface area contributed by atoms with Gasteiger partial charge in [0, 0.05) is 31.1 Å². The molecule has 2 N–H and O–H groups in total. The van der Waals surface area contributed by atoms with Gasteiger partial charge >= 0.3 is 0 Å². The molecule has 1 heterocycles. The van der Waals surface area contributed by atoms with E-state index in [-0.39, 0.29) is 6.61 Å². The maximum atomic E-state index is 9.11. The van der Waals surface area contributed by atoms with E-state index in [2.05, 4.69) is 4.90 Å². The molecule has 11 heavy (non-hydrogen) atoms. The third-order valence-electron chi connectivity index (χ3n) is 1.78. The molecule has 0 aliphatic carbocycles. The molecule has 0 aromatic heterocycles. The van der Waals surface area contributed by atoms with Crippen LogP contribution in [0.5, 0.6) is 0 Å². The summed E-state index contributed by atoms with van der Waals surface area (Å²) in [5.74, 6) is 2.30. The summed E-state index contributed by atoms with van der Waals surface area (Å²) in [4.78, 5) is 2.19. The zero-order valence-electron chi connectivity index (χ0n) is 6.57. The topological polar surface area (TPSA) is 43.7 Å². The standard InChI is InChI=1S/C7H15NO2S/c9-6-7(10)5-8-1-3-11-4-2-8/h7,9-10H,1-6H2. The fourth-order valence-electron chi connectivity index (χ4n) is 1.14. The van der Waals surface area contributed by atoms with Gasteiger partial charge in [-0.1, -0.05) is 0 Å². The van der Waals surface area contributed by atoms with Gasteiger partial charge in [0.1, 0.15) is 0 Å². The molecular weight excluding hydrogens is 162 g/mol. The molecule has 66 valence electrons. The van der Waals surface area contributed by atoms with Crippen LogP contribution in [0.1, 0.15) is 0 Å². The molecule has 0 bridgehead atoms. The van der Waals surface area contributed by atoms with E-state index in [1.807, 2.05) is 11.8 Å². The molecule has 1 rings (SSSR count). The first-order valence-electron chi connectivity index (χ1n) is 3.92. The molecule has 4 heteroatoms. The van der Waals surface area contributed by atoms with Crippen molar-refractivity contribution in [3.63, 3.8) is 0 Å². The zero-order valence-corrected chi connectivity index (χ0v) is 7.39. The number of hydrogen-bond acceptors (Lipinski definition) is 4. The lowest BCUT2D eigenvalue weighted by molar-refractivity contribution is 0.0622. The van der Waals surface area contributed by atoms with Crippen molar-refractivity contribution >= 4 is 11.8 Å². The van der Waals surface area contributed by atoms with Crippen LogP contribution in [0.25, 0.3) is 0 Å². The second kappa shape index (κ2) is 4.98. The number of aliphatic hydroxyl groups is 2. The Labute approximate surface area is 71.4 Å². The SMILES string of the molecule is OCC(O)CN1CCSCC1. The maximum Gasteiger partial charge on any atom is 0.0897 e. The molecule has 1 saturated heterocycles. The monoisotopic (exact) mass is 177 g/mol. The highest BCUT2D eigenvalue weighted by Gasteiger charge is 2.13. The highest BCUT2D eigenvalue weighted by Crippen LogP contribution is 2.08. The third-order valence-corrected chi connectivity index (χ3v) is 2.73. The van der Waals surface area contributed by atoms with Crippen molar-refractivity contribution in [2.24, 2.45) is 0 Å². The van der Waals surface area contributed by atoms with Crippen LogP contribution in [0.4, 0.5) is 0 Å². The van der Waals surface area contributed by atoms with Crippen molar-refractivity contribution in [3.05, 3.63) is 0 Å². The minimum atomic E-state index is -0.557. The first kappa shape index (κ1) is 9.32. The first-order valence-corrected chi connectivity index (χ1v) is 5.07. The van der Waals surface area contributed by atoms with Crippen molar-refractivity contribution in [1.82, 2.24) is 4.90 Å². The Morgan fingerprint density at radius 3 is 2.55 bits per heavy atom. The zero-order chi connectivity index (χ0) is 8.10. The van der Waals surface area contributed by atoms with Crippen LogP contribution < -0.4 is 0 Å². The van der Waals surface area contributed by atoms with E-state index in [4.69, 9.17) is 10.2 Å². The van der Waals surface area contributed by atoms with Crippen molar-refractivity contribution in [2.45, 2.75) is 6.10 Å². The second-order valence-electron chi connectivity index (χ2n) is 2.75. The minimum Gasteiger partial charge on any atom is -0.394 e. The summed E-state index contributed by atoms with van der Waals surface area (Å²) in [5.41, 5.74) is 0. The summed E-state index contributed by atoms with van der Waals surface area (Å²) < 4.78 is 0. The maximum absolute atomic E-state index is 9.11. The Balaban J connectivity index is 2.13. The molecule has 0 aromatic carbocycles. The Morgan fingerprint density at radius 1 is 1.36 bits per heavy atom. The lowest BCUT2D eigenvalue weighted by atomic mass is 10.3. The summed E-state index contributed by atoms with van der Waals surface area (Å²) in [6.45, 7) is 2.59. The molecule has 1 unspecified atom stereocenters. The minimum absolute atomic E-state index is 0.121. The molecule has 0 saturated carbocycles. The average Bonchev–Trinajstić information content (AvgIpc) is 2.06. The molecule has 1 aliphatic rings. The van der Waals surface area contributed by atoms with Crippen LogP contribution in [0.3, 0.4) is 0 Å². The van der Waals surface area contributed by atoms with Gasteiger partial charge in [0.25, 0.3) is 0 Å². The largest absolute Gasteiger partial charge is 0.394 e. The molecule has 0 spiro atoms. The van der Waals surface area contributed by atoms with Gasteiger partial charge in [-0.3, -0.25) is 4.90 Å². The van der Waals surface area contributed by atoms with Crippen molar-refractivity contribution in [3.8, 4) is 0 Å². The van der Waals surface area contributed by atoms with Gasteiger partial charge in [0.2, 0.25) is 0 Å². The predicted octanol–water partition coefficient (Wildman–Crippen LogP) is -0.612. The van der Waals surface area contributed by atoms with Crippen LogP contribution in [-0.4, -0.2) is 59.0 Å². The lowest BCUT2D eigenvalue weighted by Crippen LogP contribution is -2.39. The molecule has 0 aromatic rings. The second-order valence-corrected chi connectivity index (χ2v) is 3.97. The molecule has 0 amide bonds. The van der Waals surface area contributed by atoms with E-state index in [0.717, 1.165) is 24.6 Å². The Kier molecular flexibility index (Phi) is 4.22. The molecule has 1 atom stereocenters. The normalized spacial score (nSPS) is 23.5. The summed E-state index contributed by atoms with van der Waals surface area (Å²) in [6.07, 6.45) is -0.557. The number of aliphatic hydroxyl groups excluding tert-OH is 2. The quantitative estimate of drug-likeness (QED) is 0.603. The van der Waals surface area contributed by atoms with Gasteiger partial charge in [-0.2, -0.15) is 11.8 Å². The van der Waals surface area contributed by atoms with E-state index < -0.39 is 6.10 Å². The lowest BCUT2D eigenvalue weighted by Gasteiger charge is -2.27. The highest BCUT2D eigenvalue weighted by atomic mass is 32.2. The molecule has 0 radical (unpaired) electrons. The van der Waals surface area contributed by atoms with Gasteiger partial charge in [-0.05, 0) is 0 Å². The highest BCUT2D eigenvalue weighted by molar-refractivity contribution is 7.99. The van der Waals surface area contributed by atoms with Crippen LogP contribution in [0.15, 0.2) is 0 Å². The Hall–Kier alpha value is 0.230. The number of hydrogen-bond donors (Lipinski definition) is 2. The fourth-order valence-corrected chi connectivity index (χ4v) is 2.12. The van der Waals surface area contributed by atoms with E-state index in [1.54, 1.807) is 0 Å². The van der Waals surface area contributed by atoms with Gasteiger partial charge in [0.15, 0.2) is 0 Å². The Morgan fingerprint density at radius 2 is 2.00 bits per heavy atom. The van der Waals surface area contributed by atoms with E-state index in [9.17, 15) is 0 Å². The first-order chi connectivity index (χ1) is 5.33. The third kappa shape index (κ3) is 3.42. The average molecular weight is 177 g/mol. The Bertz CT molecular complexity index is 107. The summed E-state index contributed by atoms with van der Waals surface area (Å²) >= 11 is 1.95. The number of β-amino-alcohol motifs (C(OH)–C–C–N with tert-alkyl or cyclic N) is 1. The predicted molar refractivity (Wildman–Crippen MR) is 46.9 cm³/mol. The summed E-state index contributed by atoms with van der Waals surface area (Å²) in [5, 5.41) is 17.7. The van der Waals surface area contributed by atoms with Gasteiger partial charge < -0.3 is 10.2 Å². The van der Waals surface area contributed by atoms with Crippen LogP contribution >= 0.6 is 11.8 Å². The van der Waals surface area contributed by atoms with E-state index in [1.165, 1.54) is 0 Å². The fraction of sp³-hybridized carbons (Fsp3) is 1.00. The van der Waals surface area contributed by atoms with E-state index in [0.29, 0.717) is 6.54 Å². The van der Waals surface area contributed by atoms with Gasteiger partial charge in [-0.15, -0.1) is 0 Å². The summed E-state index contributed by atoms with van der Waals surface area (Å²) in [7, 11) is 0. The van der Waals surface area contributed by atoms with E-state index >= 15 is 0 Å². The van der Waals surface area contributed by atoms with Crippen LogP contribution in [0, 0.1) is 0 Å². The molecular formula is C7H15NO2S. The van der Waals surface area contributed by atoms with Gasteiger partial charge in [-0.25, -0.2) is 0 Å². The number of nitrogens with zero attached hydrogens (tertiary/aromatic N) is 1. The van der Waals surface area contributed by atoms with Crippen molar-refractivity contribution < 1.29 is 10.2 Å².